The first kappa shape index (κ1) is 12.1. The van der Waals surface area contributed by atoms with Crippen molar-refractivity contribution >= 4 is 5.97 Å². The zero-order valence-electron chi connectivity index (χ0n) is 10.2. The highest BCUT2D eigenvalue weighted by molar-refractivity contribution is 5.90. The summed E-state index contributed by atoms with van der Waals surface area (Å²) in [7, 11) is 0. The lowest BCUT2D eigenvalue weighted by Gasteiger charge is -2.05. The molecule has 0 bridgehead atoms. The van der Waals surface area contributed by atoms with Crippen LogP contribution in [0.3, 0.4) is 0 Å². The van der Waals surface area contributed by atoms with Crippen molar-refractivity contribution in [3.05, 3.63) is 60.3 Å². The molecular formula is C14H14N2O2. The Balaban J connectivity index is 2.19. The molecule has 4 heteroatoms. The number of aryl methyl sites for hydroxylation is 1. The maximum Gasteiger partial charge on any atom is 0.344 e. The summed E-state index contributed by atoms with van der Waals surface area (Å²) < 4.78 is 6.92. The maximum atomic E-state index is 11.9. The molecule has 1 aromatic heterocycles. The number of allylic oxidation sites excluding steroid dienone is 1. The largest absolute Gasteiger partial charge is 0.404 e. The number of nitrogens with zero attached hydrogens (tertiary/aromatic N) is 2. The molecule has 0 atom stereocenters. The van der Waals surface area contributed by atoms with Gasteiger partial charge in [0.05, 0.1) is 17.8 Å². The van der Waals surface area contributed by atoms with Gasteiger partial charge in [-0.25, -0.2) is 9.48 Å². The first-order valence-electron chi connectivity index (χ1n) is 5.63. The van der Waals surface area contributed by atoms with Gasteiger partial charge in [-0.2, -0.15) is 5.10 Å². The standard InChI is InChI=1S/C14H14N2O2/c1-3-9-16-13(10-11(2)15-16)18-14(17)12-7-5-4-6-8-12/h3-8,10H,1,9H2,2H3. The van der Waals surface area contributed by atoms with Gasteiger partial charge >= 0.3 is 5.97 Å². The Morgan fingerprint density at radius 3 is 2.83 bits per heavy atom. The molecule has 4 nitrogen and oxygen atoms in total. The van der Waals surface area contributed by atoms with Crippen LogP contribution >= 0.6 is 0 Å². The molecule has 0 N–H and O–H groups in total. The third kappa shape index (κ3) is 2.66. The first-order valence-corrected chi connectivity index (χ1v) is 5.63. The first-order chi connectivity index (χ1) is 8.70. The molecule has 2 aromatic rings. The molecule has 0 unspecified atom stereocenters. The molecule has 1 heterocycles. The van der Waals surface area contributed by atoms with Gasteiger partial charge in [0.2, 0.25) is 5.88 Å². The highest BCUT2D eigenvalue weighted by atomic mass is 16.5. The maximum absolute atomic E-state index is 11.9. The van der Waals surface area contributed by atoms with E-state index in [0.717, 1.165) is 5.69 Å². The normalized spacial score (nSPS) is 10.1. The molecule has 0 aliphatic heterocycles. The van der Waals surface area contributed by atoms with Crippen LogP contribution in [-0.4, -0.2) is 15.7 Å². The highest BCUT2D eigenvalue weighted by Crippen LogP contribution is 2.15. The quantitative estimate of drug-likeness (QED) is 0.611. The Labute approximate surface area is 106 Å². The third-order valence-electron chi connectivity index (χ3n) is 2.37. The van der Waals surface area contributed by atoms with E-state index in [0.29, 0.717) is 18.0 Å². The Morgan fingerprint density at radius 1 is 1.44 bits per heavy atom. The van der Waals surface area contributed by atoms with Crippen LogP contribution < -0.4 is 4.74 Å². The molecule has 0 spiro atoms. The van der Waals surface area contributed by atoms with Crippen LogP contribution in [0.4, 0.5) is 0 Å². The molecule has 18 heavy (non-hydrogen) atoms. The van der Waals surface area contributed by atoms with Crippen molar-refractivity contribution in [2.75, 3.05) is 0 Å². The highest BCUT2D eigenvalue weighted by Gasteiger charge is 2.12. The molecule has 0 fully saturated rings. The molecule has 0 saturated carbocycles. The van der Waals surface area contributed by atoms with Gasteiger partial charge in [0.15, 0.2) is 0 Å². The van der Waals surface area contributed by atoms with Gasteiger partial charge < -0.3 is 4.74 Å². The second-order valence-corrected chi connectivity index (χ2v) is 3.85. The van der Waals surface area contributed by atoms with E-state index in [-0.39, 0.29) is 5.97 Å². The summed E-state index contributed by atoms with van der Waals surface area (Å²) in [6, 6.07) is 10.6. The fourth-order valence-electron chi connectivity index (χ4n) is 1.59. The van der Waals surface area contributed by atoms with E-state index < -0.39 is 0 Å². The summed E-state index contributed by atoms with van der Waals surface area (Å²) in [4.78, 5) is 11.9. The summed E-state index contributed by atoms with van der Waals surface area (Å²) in [5, 5.41) is 4.22. The third-order valence-corrected chi connectivity index (χ3v) is 2.37. The van der Waals surface area contributed by atoms with E-state index in [2.05, 4.69) is 11.7 Å². The number of aromatic nitrogens is 2. The summed E-state index contributed by atoms with van der Waals surface area (Å²) in [5.74, 6) is 0.0436. The number of carbonyl (C=O) groups excluding carboxylic acids is 1. The smallest absolute Gasteiger partial charge is 0.344 e. The predicted molar refractivity (Wildman–Crippen MR) is 68.6 cm³/mol. The lowest BCUT2D eigenvalue weighted by molar-refractivity contribution is 0.0719. The summed E-state index contributed by atoms with van der Waals surface area (Å²) >= 11 is 0. The van der Waals surface area contributed by atoms with Crippen molar-refractivity contribution in [2.45, 2.75) is 13.5 Å². The lowest BCUT2D eigenvalue weighted by Crippen LogP contribution is -2.12. The van der Waals surface area contributed by atoms with E-state index in [4.69, 9.17) is 4.74 Å². The van der Waals surface area contributed by atoms with Crippen LogP contribution in [0, 0.1) is 6.92 Å². The van der Waals surface area contributed by atoms with Crippen LogP contribution in [0.1, 0.15) is 16.1 Å². The molecule has 0 saturated heterocycles. The Bertz CT molecular complexity index is 558. The van der Waals surface area contributed by atoms with E-state index >= 15 is 0 Å². The van der Waals surface area contributed by atoms with Crippen molar-refractivity contribution in [3.63, 3.8) is 0 Å². The second kappa shape index (κ2) is 5.31. The van der Waals surface area contributed by atoms with Crippen LogP contribution in [0.5, 0.6) is 5.88 Å². The predicted octanol–water partition coefficient (Wildman–Crippen LogP) is 2.60. The SMILES string of the molecule is C=CCn1nc(C)cc1OC(=O)c1ccccc1. The number of hydrogen-bond acceptors (Lipinski definition) is 3. The van der Waals surface area contributed by atoms with Gasteiger partial charge in [-0.3, -0.25) is 0 Å². The Kier molecular flexibility index (Phi) is 3.57. The van der Waals surface area contributed by atoms with Gasteiger partial charge in [0.25, 0.3) is 0 Å². The average molecular weight is 242 g/mol. The zero-order valence-corrected chi connectivity index (χ0v) is 10.2. The average Bonchev–Trinajstić information content (AvgIpc) is 2.71. The van der Waals surface area contributed by atoms with Crippen LogP contribution in [0.15, 0.2) is 49.1 Å². The van der Waals surface area contributed by atoms with Crippen molar-refractivity contribution < 1.29 is 9.53 Å². The molecule has 92 valence electrons. The van der Waals surface area contributed by atoms with E-state index in [1.54, 1.807) is 41.1 Å². The molecule has 1 aromatic carbocycles. The molecule has 0 radical (unpaired) electrons. The van der Waals surface area contributed by atoms with Crippen molar-refractivity contribution in [3.8, 4) is 5.88 Å². The fraction of sp³-hybridized carbons (Fsp3) is 0.143. The number of ether oxygens (including phenoxy) is 1. The van der Waals surface area contributed by atoms with Crippen molar-refractivity contribution in [1.82, 2.24) is 9.78 Å². The minimum Gasteiger partial charge on any atom is -0.404 e. The van der Waals surface area contributed by atoms with Gasteiger partial charge in [-0.15, -0.1) is 6.58 Å². The summed E-state index contributed by atoms with van der Waals surface area (Å²) in [6.45, 7) is 5.99. The van der Waals surface area contributed by atoms with E-state index in [1.165, 1.54) is 0 Å². The van der Waals surface area contributed by atoms with Gasteiger partial charge in [-0.05, 0) is 19.1 Å². The van der Waals surface area contributed by atoms with E-state index in [9.17, 15) is 4.79 Å². The Hall–Kier alpha value is -2.36. The summed E-state index contributed by atoms with van der Waals surface area (Å²) in [6.07, 6.45) is 1.70. The van der Waals surface area contributed by atoms with Crippen LogP contribution in [0.25, 0.3) is 0 Å². The van der Waals surface area contributed by atoms with Crippen LogP contribution in [-0.2, 0) is 6.54 Å². The van der Waals surface area contributed by atoms with Crippen LogP contribution in [0.2, 0.25) is 0 Å². The molecule has 0 aliphatic carbocycles. The fourth-order valence-corrected chi connectivity index (χ4v) is 1.59. The monoisotopic (exact) mass is 242 g/mol. The second-order valence-electron chi connectivity index (χ2n) is 3.85. The summed E-state index contributed by atoms with van der Waals surface area (Å²) in [5.41, 5.74) is 1.31. The van der Waals surface area contributed by atoms with Crippen molar-refractivity contribution in [2.24, 2.45) is 0 Å². The number of esters is 1. The molecule has 0 aliphatic rings. The molecule has 0 amide bonds. The minimum atomic E-state index is -0.388. The molecular weight excluding hydrogens is 228 g/mol. The van der Waals surface area contributed by atoms with Crippen molar-refractivity contribution in [1.29, 1.82) is 0 Å². The number of carbonyl (C=O) groups is 1. The molecule has 2 rings (SSSR count). The number of rotatable bonds is 4. The number of hydrogen-bond donors (Lipinski definition) is 0. The minimum absolute atomic E-state index is 0.388. The zero-order chi connectivity index (χ0) is 13.0. The lowest BCUT2D eigenvalue weighted by atomic mass is 10.2. The van der Waals surface area contributed by atoms with Gasteiger partial charge in [-0.1, -0.05) is 24.3 Å². The Morgan fingerprint density at radius 2 is 2.17 bits per heavy atom. The van der Waals surface area contributed by atoms with E-state index in [1.807, 2.05) is 13.0 Å². The van der Waals surface area contributed by atoms with Gasteiger partial charge in [0.1, 0.15) is 0 Å². The number of benzene rings is 1. The topological polar surface area (TPSA) is 44.1 Å². The van der Waals surface area contributed by atoms with Gasteiger partial charge in [0, 0.05) is 6.07 Å².